The highest BCUT2D eigenvalue weighted by atomic mass is 16.7. The fourth-order valence-corrected chi connectivity index (χ4v) is 8.31. The molecule has 1 heterocycles. The van der Waals surface area contributed by atoms with E-state index in [1.807, 2.05) is 86.6 Å². The molecule has 0 aromatic heterocycles. The lowest BCUT2D eigenvalue weighted by Gasteiger charge is -2.53. The first kappa shape index (κ1) is 32.5. The van der Waals surface area contributed by atoms with Crippen LogP contribution in [0.1, 0.15) is 36.1 Å². The SMILES string of the molecule is CC1(C)OC[C@@H](C(O)(c2ccc3ccccc3c2)c2ccc3ccccc3c2)[C@H](C(O)(c2ccc3ccccc3c2)c2ccc3ccccc3c2)O1. The summed E-state index contributed by atoms with van der Waals surface area (Å²) < 4.78 is 13.5. The Morgan fingerprint density at radius 1 is 0.442 bits per heavy atom. The van der Waals surface area contributed by atoms with Crippen molar-refractivity contribution in [2.45, 2.75) is 36.9 Å². The van der Waals surface area contributed by atoms with Crippen LogP contribution in [0.15, 0.2) is 170 Å². The third-order valence-corrected chi connectivity index (χ3v) is 11.1. The van der Waals surface area contributed by atoms with Gasteiger partial charge in [-0.3, -0.25) is 0 Å². The Balaban J connectivity index is 1.33. The van der Waals surface area contributed by atoms with Crippen LogP contribution in [0.2, 0.25) is 0 Å². The van der Waals surface area contributed by atoms with Crippen molar-refractivity contribution < 1.29 is 19.7 Å². The Kier molecular flexibility index (Phi) is 7.76. The Bertz CT molecular complexity index is 2450. The summed E-state index contributed by atoms with van der Waals surface area (Å²) in [6, 6.07) is 57.1. The number of hydrogen-bond donors (Lipinski definition) is 2. The fourth-order valence-electron chi connectivity index (χ4n) is 8.31. The van der Waals surface area contributed by atoms with E-state index in [1.54, 1.807) is 0 Å². The van der Waals surface area contributed by atoms with Gasteiger partial charge in [-0.15, -0.1) is 0 Å². The van der Waals surface area contributed by atoms with Gasteiger partial charge in [-0.25, -0.2) is 0 Å². The second-order valence-corrected chi connectivity index (χ2v) is 14.6. The van der Waals surface area contributed by atoms with Crippen molar-refractivity contribution in [1.82, 2.24) is 0 Å². The average molecular weight is 681 g/mol. The van der Waals surface area contributed by atoms with Crippen LogP contribution in [0.3, 0.4) is 0 Å². The number of rotatable bonds is 6. The van der Waals surface area contributed by atoms with Gasteiger partial charge in [0.1, 0.15) is 17.3 Å². The minimum Gasteiger partial charge on any atom is -0.380 e. The van der Waals surface area contributed by atoms with Gasteiger partial charge in [0, 0.05) is 5.92 Å². The van der Waals surface area contributed by atoms with E-state index in [0.717, 1.165) is 43.1 Å². The molecule has 1 aliphatic rings. The van der Waals surface area contributed by atoms with Crippen LogP contribution in [0.25, 0.3) is 43.1 Å². The van der Waals surface area contributed by atoms with Crippen molar-refractivity contribution in [2.75, 3.05) is 6.61 Å². The monoisotopic (exact) mass is 680 g/mol. The lowest BCUT2D eigenvalue weighted by Crippen LogP contribution is -2.61. The Morgan fingerprint density at radius 3 is 1.10 bits per heavy atom. The predicted octanol–water partition coefficient (Wildman–Crippen LogP) is 10.2. The van der Waals surface area contributed by atoms with Gasteiger partial charge in [0.25, 0.3) is 0 Å². The second kappa shape index (κ2) is 12.4. The molecule has 8 aromatic carbocycles. The van der Waals surface area contributed by atoms with Crippen molar-refractivity contribution in [3.63, 3.8) is 0 Å². The van der Waals surface area contributed by atoms with Crippen LogP contribution >= 0.6 is 0 Å². The molecule has 0 saturated carbocycles. The smallest absolute Gasteiger partial charge is 0.163 e. The second-order valence-electron chi connectivity index (χ2n) is 14.6. The molecule has 0 spiro atoms. The Labute approximate surface area is 303 Å². The molecular weight excluding hydrogens is 641 g/mol. The fraction of sp³-hybridized carbons (Fsp3) is 0.167. The van der Waals surface area contributed by atoms with Gasteiger partial charge in [-0.2, -0.15) is 0 Å². The van der Waals surface area contributed by atoms with Gasteiger partial charge in [-0.05, 0) is 103 Å². The summed E-state index contributed by atoms with van der Waals surface area (Å²) in [5.41, 5.74) is -0.633. The summed E-state index contributed by atoms with van der Waals surface area (Å²) in [5.74, 6) is -1.83. The van der Waals surface area contributed by atoms with E-state index in [0.29, 0.717) is 22.3 Å². The lowest BCUT2D eigenvalue weighted by atomic mass is 9.66. The third kappa shape index (κ3) is 5.39. The van der Waals surface area contributed by atoms with Gasteiger partial charge in [-0.1, -0.05) is 146 Å². The molecule has 8 aromatic rings. The van der Waals surface area contributed by atoms with Crippen molar-refractivity contribution >= 4 is 43.1 Å². The number of benzene rings is 8. The molecule has 2 atom stereocenters. The molecule has 0 amide bonds. The van der Waals surface area contributed by atoms with E-state index in [9.17, 15) is 10.2 Å². The minimum absolute atomic E-state index is 0.122. The molecule has 0 radical (unpaired) electrons. The third-order valence-electron chi connectivity index (χ3n) is 11.1. The van der Waals surface area contributed by atoms with E-state index in [4.69, 9.17) is 9.47 Å². The Hall–Kier alpha value is -5.36. The maximum Gasteiger partial charge on any atom is 0.163 e. The van der Waals surface area contributed by atoms with Gasteiger partial charge in [0.05, 0.1) is 6.61 Å². The average Bonchev–Trinajstić information content (AvgIpc) is 3.19. The zero-order chi connectivity index (χ0) is 35.5. The minimum atomic E-state index is -1.72. The van der Waals surface area contributed by atoms with Crippen molar-refractivity contribution in [3.05, 3.63) is 192 Å². The highest BCUT2D eigenvalue weighted by Crippen LogP contribution is 2.51. The maximum atomic E-state index is 13.8. The first-order chi connectivity index (χ1) is 25.2. The molecule has 1 fully saturated rings. The molecule has 52 heavy (non-hydrogen) atoms. The molecule has 1 saturated heterocycles. The van der Waals surface area contributed by atoms with Crippen LogP contribution in [-0.2, 0) is 20.7 Å². The highest BCUT2D eigenvalue weighted by molar-refractivity contribution is 5.87. The molecule has 256 valence electrons. The summed E-state index contributed by atoms with van der Waals surface area (Å²) in [6.07, 6.45) is -0.971. The van der Waals surface area contributed by atoms with Crippen LogP contribution in [0, 0.1) is 5.92 Å². The van der Waals surface area contributed by atoms with Crippen molar-refractivity contribution in [1.29, 1.82) is 0 Å². The topological polar surface area (TPSA) is 58.9 Å². The van der Waals surface area contributed by atoms with Gasteiger partial charge in [0.15, 0.2) is 5.79 Å². The van der Waals surface area contributed by atoms with Crippen molar-refractivity contribution in [3.8, 4) is 0 Å². The van der Waals surface area contributed by atoms with Crippen LogP contribution in [0.5, 0.6) is 0 Å². The quantitative estimate of drug-likeness (QED) is 0.184. The maximum absolute atomic E-state index is 13.8. The van der Waals surface area contributed by atoms with Gasteiger partial charge < -0.3 is 19.7 Å². The van der Waals surface area contributed by atoms with E-state index in [2.05, 4.69) is 97.1 Å². The molecule has 0 unspecified atom stereocenters. The number of ether oxygens (including phenoxy) is 2. The predicted molar refractivity (Wildman–Crippen MR) is 210 cm³/mol. The summed E-state index contributed by atoms with van der Waals surface area (Å²) in [4.78, 5) is 0. The van der Waals surface area contributed by atoms with Crippen LogP contribution in [-0.4, -0.2) is 28.7 Å². The van der Waals surface area contributed by atoms with Crippen LogP contribution < -0.4 is 0 Å². The van der Waals surface area contributed by atoms with Gasteiger partial charge >= 0.3 is 0 Å². The largest absolute Gasteiger partial charge is 0.380 e. The normalized spacial score (nSPS) is 17.9. The first-order valence-corrected chi connectivity index (χ1v) is 18.0. The number of hydrogen-bond acceptors (Lipinski definition) is 4. The lowest BCUT2D eigenvalue weighted by molar-refractivity contribution is -0.337. The molecule has 0 bridgehead atoms. The Morgan fingerprint density at radius 2 is 0.750 bits per heavy atom. The molecule has 4 heteroatoms. The summed E-state index contributed by atoms with van der Waals surface area (Å²) in [6.45, 7) is 3.88. The zero-order valence-electron chi connectivity index (χ0n) is 29.2. The van der Waals surface area contributed by atoms with E-state index in [1.165, 1.54) is 0 Å². The summed E-state index contributed by atoms with van der Waals surface area (Å²) in [5, 5.41) is 35.9. The molecular formula is C48H40O4. The van der Waals surface area contributed by atoms with Crippen molar-refractivity contribution in [2.24, 2.45) is 5.92 Å². The number of aliphatic hydroxyl groups is 2. The van der Waals surface area contributed by atoms with E-state index in [-0.39, 0.29) is 6.61 Å². The van der Waals surface area contributed by atoms with E-state index < -0.39 is 29.0 Å². The summed E-state index contributed by atoms with van der Waals surface area (Å²) >= 11 is 0. The molecule has 0 aliphatic carbocycles. The standard InChI is InChI=1S/C48H40O4/c1-46(2)51-31-44(47(49,40-23-19-32-11-3-7-15-36(32)27-40)41-24-20-33-12-4-8-16-37(33)28-41)45(52-46)48(50,42-25-21-34-13-5-9-17-38(34)29-42)43-26-22-35-14-6-10-18-39(35)30-43/h3-30,44-45,49-50H,31H2,1-2H3/t44-,45-/m1/s1. The molecule has 2 N–H and O–H groups in total. The first-order valence-electron chi connectivity index (χ1n) is 18.0. The molecule has 9 rings (SSSR count). The summed E-state index contributed by atoms with van der Waals surface area (Å²) in [7, 11) is 0. The molecule has 1 aliphatic heterocycles. The van der Waals surface area contributed by atoms with Gasteiger partial charge in [0.2, 0.25) is 0 Å². The highest BCUT2D eigenvalue weighted by Gasteiger charge is 2.58. The molecule has 4 nitrogen and oxygen atoms in total. The van der Waals surface area contributed by atoms with Crippen LogP contribution in [0.4, 0.5) is 0 Å². The number of fused-ring (bicyclic) bond motifs is 4. The van der Waals surface area contributed by atoms with E-state index >= 15 is 0 Å². The zero-order valence-corrected chi connectivity index (χ0v) is 29.2.